The Morgan fingerprint density at radius 3 is 1.70 bits per heavy atom. The molecule has 0 radical (unpaired) electrons. The number of ether oxygens (including phenoxy) is 1. The summed E-state index contributed by atoms with van der Waals surface area (Å²) >= 11 is 0. The van der Waals surface area contributed by atoms with Crippen LogP contribution in [0.1, 0.15) is 22.3 Å². The van der Waals surface area contributed by atoms with E-state index < -0.39 is 5.41 Å². The van der Waals surface area contributed by atoms with Crippen molar-refractivity contribution in [2.45, 2.75) is 5.41 Å². The molecular formula is C54H31N5O. The molecule has 4 aromatic heterocycles. The van der Waals surface area contributed by atoms with Gasteiger partial charge in [-0.2, -0.15) is 0 Å². The topological polar surface area (TPSA) is 49.2 Å². The fraction of sp³-hybridized carbons (Fsp3) is 0.0185. The van der Waals surface area contributed by atoms with Gasteiger partial charge in [0.25, 0.3) is 0 Å². The minimum Gasteiger partial charge on any atom is -0.457 e. The molecule has 1 aliphatic heterocycles. The van der Waals surface area contributed by atoms with E-state index in [4.69, 9.17) is 21.3 Å². The Bertz CT molecular complexity index is 3580. The third-order valence-corrected chi connectivity index (χ3v) is 12.7. The molecule has 2 aliphatic rings. The molecule has 13 rings (SSSR count). The van der Waals surface area contributed by atoms with E-state index in [2.05, 4.69) is 166 Å². The second kappa shape index (κ2) is 12.1. The molecule has 0 N–H and O–H groups in total. The first kappa shape index (κ1) is 32.8. The van der Waals surface area contributed by atoms with Crippen LogP contribution in [-0.4, -0.2) is 19.1 Å². The van der Waals surface area contributed by atoms with Crippen molar-refractivity contribution in [2.75, 3.05) is 0 Å². The maximum absolute atomic E-state index is 8.33. The summed E-state index contributed by atoms with van der Waals surface area (Å²) in [6.07, 6.45) is 3.71. The predicted octanol–water partition coefficient (Wildman–Crippen LogP) is 13.4. The maximum atomic E-state index is 8.33. The second-order valence-corrected chi connectivity index (χ2v) is 15.6. The molecule has 6 nitrogen and oxygen atoms in total. The van der Waals surface area contributed by atoms with Gasteiger partial charge in [-0.3, -0.25) is 9.97 Å². The quantitative estimate of drug-likeness (QED) is 0.168. The lowest BCUT2D eigenvalue weighted by atomic mass is 9.66. The number of fused-ring (bicyclic) bond motifs is 15. The maximum Gasteiger partial charge on any atom is 0.210 e. The minimum absolute atomic E-state index is 0.590. The molecular weight excluding hydrogens is 735 g/mol. The summed E-state index contributed by atoms with van der Waals surface area (Å²) in [6, 6.07) is 61.9. The van der Waals surface area contributed by atoms with E-state index in [1.165, 1.54) is 10.8 Å². The lowest BCUT2D eigenvalue weighted by Gasteiger charge is -2.39. The highest BCUT2D eigenvalue weighted by Crippen LogP contribution is 2.61. The molecule has 5 heterocycles. The molecule has 0 saturated carbocycles. The molecule has 278 valence electrons. The van der Waals surface area contributed by atoms with E-state index in [0.717, 1.165) is 100 Å². The molecule has 0 bridgehead atoms. The van der Waals surface area contributed by atoms with Crippen LogP contribution < -0.4 is 4.74 Å². The van der Waals surface area contributed by atoms with Gasteiger partial charge in [-0.15, -0.1) is 0 Å². The molecule has 1 aliphatic carbocycles. The fourth-order valence-electron chi connectivity index (χ4n) is 10.3. The highest BCUT2D eigenvalue weighted by molar-refractivity contribution is 6.12. The first-order valence-electron chi connectivity index (χ1n) is 20.1. The lowest BCUT2D eigenvalue weighted by molar-refractivity contribution is 0.436. The molecule has 0 unspecified atom stereocenters. The first-order valence-corrected chi connectivity index (χ1v) is 20.1. The van der Waals surface area contributed by atoms with E-state index in [1.54, 1.807) is 0 Å². The average Bonchev–Trinajstić information content (AvgIpc) is 3.93. The van der Waals surface area contributed by atoms with Crippen LogP contribution in [0.15, 0.2) is 188 Å². The zero-order chi connectivity index (χ0) is 39.5. The van der Waals surface area contributed by atoms with Gasteiger partial charge in [-0.05, 0) is 95.1 Å². The van der Waals surface area contributed by atoms with Crippen molar-refractivity contribution in [3.8, 4) is 45.4 Å². The summed E-state index contributed by atoms with van der Waals surface area (Å²) in [5, 5.41) is 4.63. The van der Waals surface area contributed by atoms with Crippen molar-refractivity contribution < 1.29 is 4.74 Å². The SMILES string of the molecule is [C-]#[N+]c1ccc(-n2c3ccccc3c3ccccc32)cc1-n1c2ccccc2c2cc(-c3ccc4c(c3)C3(c5ccccc5O4)c4cccnc4-c4ncccc43)ccc21. The third-order valence-electron chi connectivity index (χ3n) is 12.7. The lowest BCUT2D eigenvalue weighted by Crippen LogP contribution is -2.32. The van der Waals surface area contributed by atoms with Crippen LogP contribution in [0.2, 0.25) is 0 Å². The Morgan fingerprint density at radius 1 is 0.450 bits per heavy atom. The summed E-state index contributed by atoms with van der Waals surface area (Å²) in [6.45, 7) is 8.33. The van der Waals surface area contributed by atoms with E-state index in [9.17, 15) is 0 Å². The average molecular weight is 766 g/mol. The van der Waals surface area contributed by atoms with Gasteiger partial charge in [0.05, 0.1) is 51.1 Å². The van der Waals surface area contributed by atoms with Crippen LogP contribution in [0.25, 0.3) is 82.3 Å². The van der Waals surface area contributed by atoms with Gasteiger partial charge in [-0.25, -0.2) is 4.85 Å². The predicted molar refractivity (Wildman–Crippen MR) is 240 cm³/mol. The Labute approximate surface area is 344 Å². The fourth-order valence-corrected chi connectivity index (χ4v) is 10.3. The van der Waals surface area contributed by atoms with E-state index >= 15 is 0 Å². The van der Waals surface area contributed by atoms with Crippen molar-refractivity contribution in [2.24, 2.45) is 0 Å². The Kier molecular flexibility index (Phi) is 6.62. The van der Waals surface area contributed by atoms with Gasteiger partial charge in [0.1, 0.15) is 11.5 Å². The smallest absolute Gasteiger partial charge is 0.210 e. The number of rotatable bonds is 3. The van der Waals surface area contributed by atoms with Gasteiger partial charge in [-0.1, -0.05) is 103 Å². The Morgan fingerprint density at radius 2 is 1.00 bits per heavy atom. The summed E-state index contributed by atoms with van der Waals surface area (Å²) in [5.41, 5.74) is 14.4. The monoisotopic (exact) mass is 765 g/mol. The zero-order valence-corrected chi connectivity index (χ0v) is 32.0. The van der Waals surface area contributed by atoms with Gasteiger partial charge in [0.15, 0.2) is 0 Å². The number of benzene rings is 7. The first-order chi connectivity index (χ1) is 29.7. The number of pyridine rings is 2. The summed E-state index contributed by atoms with van der Waals surface area (Å²) in [5.74, 6) is 1.65. The number of para-hydroxylation sites is 4. The highest BCUT2D eigenvalue weighted by Gasteiger charge is 2.52. The molecule has 0 fully saturated rings. The van der Waals surface area contributed by atoms with E-state index in [1.807, 2.05) is 36.7 Å². The Balaban J connectivity index is 1.02. The van der Waals surface area contributed by atoms with Crippen molar-refractivity contribution in [1.29, 1.82) is 0 Å². The number of hydrogen-bond donors (Lipinski definition) is 0. The molecule has 0 amide bonds. The van der Waals surface area contributed by atoms with Crippen LogP contribution in [0.3, 0.4) is 0 Å². The molecule has 0 saturated heterocycles. The van der Waals surface area contributed by atoms with Crippen LogP contribution in [0.4, 0.5) is 5.69 Å². The van der Waals surface area contributed by atoms with E-state index in [0.29, 0.717) is 5.69 Å². The van der Waals surface area contributed by atoms with Gasteiger partial charge in [0.2, 0.25) is 5.69 Å². The standard InChI is InChI=1S/C54H31N5O/c1-55-44-25-24-35(58-45-18-6-2-12-36(45)37-13-3-7-19-46(37)58)32-49(44)59-47-20-8-4-14-38(47)39-30-33(22-26-48(39)59)34-23-27-51-43(31-34)54(40-15-5-9-21-50(40)60-51)41-16-10-28-56-52(41)53-42(54)17-11-29-57-53/h2-32H. The van der Waals surface area contributed by atoms with Crippen molar-refractivity contribution in [1.82, 2.24) is 19.1 Å². The van der Waals surface area contributed by atoms with Crippen LogP contribution in [0.5, 0.6) is 11.5 Å². The van der Waals surface area contributed by atoms with Crippen LogP contribution in [0, 0.1) is 6.57 Å². The number of aromatic nitrogens is 4. The molecule has 7 aromatic carbocycles. The molecule has 60 heavy (non-hydrogen) atoms. The van der Waals surface area contributed by atoms with Crippen molar-refractivity contribution >= 4 is 49.3 Å². The van der Waals surface area contributed by atoms with Crippen LogP contribution in [-0.2, 0) is 5.41 Å². The summed E-state index contributed by atoms with van der Waals surface area (Å²) < 4.78 is 11.3. The van der Waals surface area contributed by atoms with E-state index in [-0.39, 0.29) is 0 Å². The summed E-state index contributed by atoms with van der Waals surface area (Å²) in [7, 11) is 0. The molecule has 11 aromatic rings. The third kappa shape index (κ3) is 4.25. The Hall–Kier alpha value is -8.27. The van der Waals surface area contributed by atoms with Crippen molar-refractivity contribution in [3.63, 3.8) is 0 Å². The molecule has 1 spiro atoms. The molecule has 0 atom stereocenters. The van der Waals surface area contributed by atoms with Gasteiger partial charge >= 0.3 is 0 Å². The van der Waals surface area contributed by atoms with Crippen LogP contribution >= 0.6 is 0 Å². The number of nitrogens with zero attached hydrogens (tertiary/aromatic N) is 5. The zero-order valence-electron chi connectivity index (χ0n) is 32.0. The summed E-state index contributed by atoms with van der Waals surface area (Å²) in [4.78, 5) is 13.9. The molecule has 6 heteroatoms. The normalized spacial score (nSPS) is 13.2. The number of hydrogen-bond acceptors (Lipinski definition) is 3. The highest BCUT2D eigenvalue weighted by atomic mass is 16.5. The minimum atomic E-state index is -0.662. The van der Waals surface area contributed by atoms with Crippen molar-refractivity contribution in [3.05, 3.63) is 222 Å². The van der Waals surface area contributed by atoms with Gasteiger partial charge in [0, 0.05) is 50.8 Å². The van der Waals surface area contributed by atoms with Gasteiger partial charge < -0.3 is 13.9 Å². The second-order valence-electron chi connectivity index (χ2n) is 15.6. The largest absolute Gasteiger partial charge is 0.457 e.